The SMILES string of the molecule is COc1ccc(Cl)c(NC(=O)C2CC(C)CC2C(=O)O)c1. The number of carboxylic acid groups (broad SMARTS) is 1. The summed E-state index contributed by atoms with van der Waals surface area (Å²) in [4.78, 5) is 23.6. The van der Waals surface area contributed by atoms with E-state index < -0.39 is 17.8 Å². The number of carbonyl (C=O) groups is 2. The van der Waals surface area contributed by atoms with Gasteiger partial charge in [0.1, 0.15) is 5.75 Å². The smallest absolute Gasteiger partial charge is 0.307 e. The Balaban J connectivity index is 2.16. The number of nitrogens with one attached hydrogen (secondary N) is 1. The summed E-state index contributed by atoms with van der Waals surface area (Å²) < 4.78 is 5.09. The predicted molar refractivity (Wildman–Crippen MR) is 79.6 cm³/mol. The van der Waals surface area contributed by atoms with E-state index in [4.69, 9.17) is 16.3 Å². The Morgan fingerprint density at radius 2 is 2.00 bits per heavy atom. The summed E-state index contributed by atoms with van der Waals surface area (Å²) in [5.74, 6) is -1.59. The van der Waals surface area contributed by atoms with E-state index in [1.807, 2.05) is 6.92 Å². The lowest BCUT2D eigenvalue weighted by atomic mass is 9.95. The lowest BCUT2D eigenvalue weighted by Crippen LogP contribution is -2.30. The minimum absolute atomic E-state index is 0.225. The van der Waals surface area contributed by atoms with Crippen LogP contribution in [0.4, 0.5) is 5.69 Å². The third-order valence-corrected chi connectivity index (χ3v) is 4.21. The number of anilines is 1. The van der Waals surface area contributed by atoms with Crippen LogP contribution in [0.3, 0.4) is 0 Å². The molecular formula is C15H18ClNO4. The average Bonchev–Trinajstić information content (AvgIpc) is 2.83. The minimum atomic E-state index is -0.920. The largest absolute Gasteiger partial charge is 0.497 e. The number of hydrogen-bond acceptors (Lipinski definition) is 3. The topological polar surface area (TPSA) is 75.6 Å². The standard InChI is InChI=1S/C15H18ClNO4/c1-8-5-10(11(6-8)15(19)20)14(18)17-13-7-9(21-2)3-4-12(13)16/h3-4,7-8,10-11H,5-6H2,1-2H3,(H,17,18)(H,19,20). The van der Waals surface area contributed by atoms with E-state index in [2.05, 4.69) is 5.32 Å². The van der Waals surface area contributed by atoms with Crippen LogP contribution in [0.15, 0.2) is 18.2 Å². The maximum atomic E-state index is 12.4. The maximum absolute atomic E-state index is 12.4. The van der Waals surface area contributed by atoms with E-state index in [1.165, 1.54) is 7.11 Å². The summed E-state index contributed by atoms with van der Waals surface area (Å²) in [6, 6.07) is 4.94. The molecule has 1 amide bonds. The molecule has 0 bridgehead atoms. The van der Waals surface area contributed by atoms with Crippen molar-refractivity contribution >= 4 is 29.2 Å². The van der Waals surface area contributed by atoms with Crippen molar-refractivity contribution in [2.75, 3.05) is 12.4 Å². The van der Waals surface area contributed by atoms with E-state index in [0.717, 1.165) is 0 Å². The molecule has 114 valence electrons. The quantitative estimate of drug-likeness (QED) is 0.896. The monoisotopic (exact) mass is 311 g/mol. The summed E-state index contributed by atoms with van der Waals surface area (Å²) in [5, 5.41) is 12.3. The van der Waals surface area contributed by atoms with Crippen molar-refractivity contribution in [2.24, 2.45) is 17.8 Å². The number of rotatable bonds is 4. The number of hydrogen-bond donors (Lipinski definition) is 2. The van der Waals surface area contributed by atoms with Gasteiger partial charge in [0.15, 0.2) is 0 Å². The molecule has 6 heteroatoms. The first-order valence-electron chi connectivity index (χ1n) is 6.79. The number of carboxylic acids is 1. The molecule has 3 atom stereocenters. The van der Waals surface area contributed by atoms with Crippen LogP contribution >= 0.6 is 11.6 Å². The third-order valence-electron chi connectivity index (χ3n) is 3.88. The molecule has 0 aromatic heterocycles. The zero-order valence-electron chi connectivity index (χ0n) is 11.9. The highest BCUT2D eigenvalue weighted by Gasteiger charge is 2.41. The Hall–Kier alpha value is -1.75. The second-order valence-corrected chi connectivity index (χ2v) is 5.87. The molecule has 0 spiro atoms. The van der Waals surface area contributed by atoms with Crippen LogP contribution in [0.1, 0.15) is 19.8 Å². The number of amides is 1. The predicted octanol–water partition coefficient (Wildman–Crippen LogP) is 3.03. The fraction of sp³-hybridized carbons (Fsp3) is 0.467. The number of benzene rings is 1. The van der Waals surface area contributed by atoms with Crippen molar-refractivity contribution in [3.8, 4) is 5.75 Å². The normalized spacial score (nSPS) is 24.6. The molecule has 1 aliphatic carbocycles. The van der Waals surface area contributed by atoms with Crippen molar-refractivity contribution in [2.45, 2.75) is 19.8 Å². The molecule has 1 saturated carbocycles. The first kappa shape index (κ1) is 15.6. The second-order valence-electron chi connectivity index (χ2n) is 5.46. The van der Waals surface area contributed by atoms with Gasteiger partial charge in [-0.05, 0) is 30.9 Å². The highest BCUT2D eigenvalue weighted by molar-refractivity contribution is 6.33. The Kier molecular flexibility index (Phi) is 4.73. The van der Waals surface area contributed by atoms with Crippen molar-refractivity contribution in [1.82, 2.24) is 0 Å². The highest BCUT2D eigenvalue weighted by Crippen LogP contribution is 2.37. The molecule has 0 heterocycles. The van der Waals surface area contributed by atoms with Crippen LogP contribution in [-0.4, -0.2) is 24.1 Å². The van der Waals surface area contributed by atoms with Crippen LogP contribution in [0.2, 0.25) is 5.02 Å². The van der Waals surface area contributed by atoms with Gasteiger partial charge < -0.3 is 15.2 Å². The molecule has 21 heavy (non-hydrogen) atoms. The Morgan fingerprint density at radius 3 is 2.62 bits per heavy atom. The van der Waals surface area contributed by atoms with Gasteiger partial charge >= 0.3 is 5.97 Å². The zero-order valence-corrected chi connectivity index (χ0v) is 12.7. The second kappa shape index (κ2) is 6.35. The summed E-state index contributed by atoms with van der Waals surface area (Å²) >= 11 is 6.04. The van der Waals surface area contributed by atoms with E-state index in [1.54, 1.807) is 18.2 Å². The molecule has 0 aliphatic heterocycles. The molecular weight excluding hydrogens is 294 g/mol. The number of methoxy groups -OCH3 is 1. The maximum Gasteiger partial charge on any atom is 0.307 e. The summed E-state index contributed by atoms with van der Waals surface area (Å²) in [6.45, 7) is 1.96. The zero-order chi connectivity index (χ0) is 15.6. The molecule has 2 rings (SSSR count). The van der Waals surface area contributed by atoms with Gasteiger partial charge in [-0.15, -0.1) is 0 Å². The summed E-state index contributed by atoms with van der Waals surface area (Å²) in [5.41, 5.74) is 0.435. The number of aliphatic carboxylic acids is 1. The van der Waals surface area contributed by atoms with E-state index in [9.17, 15) is 14.7 Å². The Bertz CT molecular complexity index is 561. The lowest BCUT2D eigenvalue weighted by molar-refractivity contribution is -0.145. The molecule has 2 N–H and O–H groups in total. The molecule has 3 unspecified atom stereocenters. The molecule has 1 aliphatic rings. The molecule has 1 fully saturated rings. The summed E-state index contributed by atoms with van der Waals surface area (Å²) in [6.07, 6.45) is 1.10. The fourth-order valence-electron chi connectivity index (χ4n) is 2.81. The number of ether oxygens (including phenoxy) is 1. The molecule has 5 nitrogen and oxygen atoms in total. The van der Waals surface area contributed by atoms with E-state index >= 15 is 0 Å². The lowest BCUT2D eigenvalue weighted by Gasteiger charge is -2.16. The van der Waals surface area contributed by atoms with Gasteiger partial charge in [-0.2, -0.15) is 0 Å². The number of carbonyl (C=O) groups excluding carboxylic acids is 1. The van der Waals surface area contributed by atoms with Gasteiger partial charge in [0.05, 0.1) is 29.7 Å². The van der Waals surface area contributed by atoms with Gasteiger partial charge in [0.2, 0.25) is 5.91 Å². The van der Waals surface area contributed by atoms with E-state index in [-0.39, 0.29) is 11.8 Å². The molecule has 0 radical (unpaired) electrons. The minimum Gasteiger partial charge on any atom is -0.497 e. The van der Waals surface area contributed by atoms with Crippen molar-refractivity contribution in [3.05, 3.63) is 23.2 Å². The fourth-order valence-corrected chi connectivity index (χ4v) is 2.97. The Labute approximate surface area is 128 Å². The van der Waals surface area contributed by atoms with Crippen LogP contribution < -0.4 is 10.1 Å². The van der Waals surface area contributed by atoms with Crippen molar-refractivity contribution in [3.63, 3.8) is 0 Å². The van der Waals surface area contributed by atoms with E-state index in [0.29, 0.717) is 29.3 Å². The molecule has 1 aromatic carbocycles. The number of halogens is 1. The first-order valence-corrected chi connectivity index (χ1v) is 7.17. The third kappa shape index (κ3) is 3.47. The first-order chi connectivity index (χ1) is 9.92. The van der Waals surface area contributed by atoms with Crippen LogP contribution in [0.5, 0.6) is 5.75 Å². The molecule has 0 saturated heterocycles. The van der Waals surface area contributed by atoms with Crippen LogP contribution in [-0.2, 0) is 9.59 Å². The van der Waals surface area contributed by atoms with Gasteiger partial charge in [0, 0.05) is 6.07 Å². The summed E-state index contributed by atoms with van der Waals surface area (Å²) in [7, 11) is 1.52. The van der Waals surface area contributed by atoms with Crippen molar-refractivity contribution < 1.29 is 19.4 Å². The Morgan fingerprint density at radius 1 is 1.33 bits per heavy atom. The highest BCUT2D eigenvalue weighted by atomic mass is 35.5. The van der Waals surface area contributed by atoms with Gasteiger partial charge in [-0.1, -0.05) is 18.5 Å². The van der Waals surface area contributed by atoms with Gasteiger partial charge in [0.25, 0.3) is 0 Å². The van der Waals surface area contributed by atoms with Crippen LogP contribution in [0.25, 0.3) is 0 Å². The average molecular weight is 312 g/mol. The van der Waals surface area contributed by atoms with Crippen LogP contribution in [0, 0.1) is 17.8 Å². The van der Waals surface area contributed by atoms with Gasteiger partial charge in [-0.25, -0.2) is 0 Å². The van der Waals surface area contributed by atoms with Crippen molar-refractivity contribution in [1.29, 1.82) is 0 Å². The molecule has 1 aromatic rings. The van der Waals surface area contributed by atoms with Gasteiger partial charge in [-0.3, -0.25) is 9.59 Å².